The number of hydrogen-bond donors (Lipinski definition) is 1. The summed E-state index contributed by atoms with van der Waals surface area (Å²) in [7, 11) is 0. The average molecular weight is 385 g/mol. The normalized spacial score (nSPS) is 17.3. The summed E-state index contributed by atoms with van der Waals surface area (Å²) >= 11 is 1.84. The van der Waals surface area contributed by atoms with Gasteiger partial charge in [0, 0.05) is 29.4 Å². The fourth-order valence-electron chi connectivity index (χ4n) is 3.87. The Morgan fingerprint density at radius 3 is 2.19 bits per heavy atom. The number of anilines is 2. The second-order valence-electron chi connectivity index (χ2n) is 6.97. The predicted octanol–water partition coefficient (Wildman–Crippen LogP) is 4.84. The van der Waals surface area contributed by atoms with Gasteiger partial charge in [-0.05, 0) is 50.1 Å². The van der Waals surface area contributed by atoms with Crippen molar-refractivity contribution in [1.82, 2.24) is 4.90 Å². The molecule has 142 valence electrons. The number of rotatable bonds is 5. The average Bonchev–Trinajstić information content (AvgIpc) is 2.68. The number of carbonyl (C=O) groups is 1. The van der Waals surface area contributed by atoms with Gasteiger partial charge in [0.15, 0.2) is 0 Å². The number of ether oxygens (including phenoxy) is 1. The smallest absolute Gasteiger partial charge is 0.450 e. The topological polar surface area (TPSA) is 53.0 Å². The standard InChI is InChI=1S/C21H24N2O3S/c24-21(25)26-16-10-14-22(15-11-16)12-5-13-23-17-6-1-3-8-19(17)27-20-9-4-2-7-18(20)23/h1-4,6-9,16H,5,10-15H2,(H,24,25). The molecule has 1 fully saturated rings. The summed E-state index contributed by atoms with van der Waals surface area (Å²) in [5.74, 6) is 0. The van der Waals surface area contributed by atoms with Crippen molar-refractivity contribution in [1.29, 1.82) is 0 Å². The summed E-state index contributed by atoms with van der Waals surface area (Å²) in [6.07, 6.45) is 1.35. The van der Waals surface area contributed by atoms with E-state index >= 15 is 0 Å². The molecule has 0 radical (unpaired) electrons. The molecule has 2 aliphatic heterocycles. The highest BCUT2D eigenvalue weighted by Gasteiger charge is 2.24. The molecule has 2 aromatic rings. The van der Waals surface area contributed by atoms with E-state index in [1.165, 1.54) is 21.2 Å². The number of carboxylic acid groups (broad SMARTS) is 1. The Morgan fingerprint density at radius 1 is 1.00 bits per heavy atom. The highest BCUT2D eigenvalue weighted by atomic mass is 32.2. The molecule has 0 aliphatic carbocycles. The summed E-state index contributed by atoms with van der Waals surface area (Å²) in [6.45, 7) is 3.80. The summed E-state index contributed by atoms with van der Waals surface area (Å²) in [5, 5.41) is 8.73. The van der Waals surface area contributed by atoms with Crippen molar-refractivity contribution in [3.63, 3.8) is 0 Å². The van der Waals surface area contributed by atoms with E-state index in [4.69, 9.17) is 9.84 Å². The number of likely N-dealkylation sites (tertiary alicyclic amines) is 1. The highest BCUT2D eigenvalue weighted by Crippen LogP contribution is 2.47. The zero-order valence-corrected chi connectivity index (χ0v) is 16.0. The molecule has 2 aliphatic rings. The maximum absolute atomic E-state index is 10.7. The van der Waals surface area contributed by atoms with Crippen LogP contribution >= 0.6 is 11.8 Å². The van der Waals surface area contributed by atoms with Gasteiger partial charge in [0.1, 0.15) is 6.10 Å². The maximum atomic E-state index is 10.7. The van der Waals surface area contributed by atoms with Gasteiger partial charge in [0.25, 0.3) is 0 Å². The number of nitrogens with zero attached hydrogens (tertiary/aromatic N) is 2. The zero-order chi connectivity index (χ0) is 18.6. The predicted molar refractivity (Wildman–Crippen MR) is 107 cm³/mol. The van der Waals surface area contributed by atoms with Crippen molar-refractivity contribution in [3.05, 3.63) is 48.5 Å². The number of benzene rings is 2. The molecule has 0 atom stereocenters. The number of hydrogen-bond acceptors (Lipinski definition) is 5. The third-order valence-electron chi connectivity index (χ3n) is 5.19. The molecule has 1 saturated heterocycles. The first-order valence-electron chi connectivity index (χ1n) is 9.46. The number of fused-ring (bicyclic) bond motifs is 2. The summed E-state index contributed by atoms with van der Waals surface area (Å²) in [6, 6.07) is 17.2. The van der Waals surface area contributed by atoms with Crippen LogP contribution in [0, 0.1) is 0 Å². The van der Waals surface area contributed by atoms with Crippen molar-refractivity contribution in [2.75, 3.05) is 31.1 Å². The second-order valence-corrected chi connectivity index (χ2v) is 8.05. The fraction of sp³-hybridized carbons (Fsp3) is 0.381. The van der Waals surface area contributed by atoms with E-state index in [2.05, 4.69) is 58.3 Å². The Balaban J connectivity index is 1.36. The van der Waals surface area contributed by atoms with Crippen LogP contribution in [0.15, 0.2) is 58.3 Å². The largest absolute Gasteiger partial charge is 0.506 e. The summed E-state index contributed by atoms with van der Waals surface area (Å²) in [4.78, 5) is 18.1. The molecule has 0 spiro atoms. The lowest BCUT2D eigenvalue weighted by atomic mass is 10.1. The quantitative estimate of drug-likeness (QED) is 0.745. The van der Waals surface area contributed by atoms with Crippen LogP contribution < -0.4 is 4.90 Å². The summed E-state index contributed by atoms with van der Waals surface area (Å²) in [5.41, 5.74) is 2.57. The Labute approximate surface area is 163 Å². The Hall–Kier alpha value is -2.18. The minimum atomic E-state index is -1.16. The van der Waals surface area contributed by atoms with Crippen LogP contribution in [0.25, 0.3) is 0 Å². The minimum absolute atomic E-state index is 0.142. The van der Waals surface area contributed by atoms with Crippen molar-refractivity contribution in [2.24, 2.45) is 0 Å². The monoisotopic (exact) mass is 384 g/mol. The van der Waals surface area contributed by atoms with Gasteiger partial charge in [-0.1, -0.05) is 36.0 Å². The van der Waals surface area contributed by atoms with Crippen LogP contribution in [0.3, 0.4) is 0 Å². The summed E-state index contributed by atoms with van der Waals surface area (Å²) < 4.78 is 4.90. The van der Waals surface area contributed by atoms with E-state index < -0.39 is 6.16 Å². The molecule has 1 N–H and O–H groups in total. The third-order valence-corrected chi connectivity index (χ3v) is 6.32. The molecule has 0 amide bonds. The molecule has 5 nitrogen and oxygen atoms in total. The lowest BCUT2D eigenvalue weighted by Crippen LogP contribution is -2.39. The number of para-hydroxylation sites is 2. The van der Waals surface area contributed by atoms with Gasteiger partial charge in [-0.3, -0.25) is 0 Å². The van der Waals surface area contributed by atoms with Crippen LogP contribution in [0.5, 0.6) is 0 Å². The fourth-order valence-corrected chi connectivity index (χ4v) is 4.96. The Morgan fingerprint density at radius 2 is 1.59 bits per heavy atom. The van der Waals surface area contributed by atoms with E-state index in [9.17, 15) is 4.79 Å². The van der Waals surface area contributed by atoms with Crippen LogP contribution in [-0.2, 0) is 4.74 Å². The highest BCUT2D eigenvalue weighted by molar-refractivity contribution is 7.99. The lowest BCUT2D eigenvalue weighted by molar-refractivity contribution is 0.0199. The Kier molecular flexibility index (Phi) is 5.55. The molecule has 0 aromatic heterocycles. The Bertz CT molecular complexity index is 760. The van der Waals surface area contributed by atoms with E-state index in [0.717, 1.165) is 45.4 Å². The molecule has 27 heavy (non-hydrogen) atoms. The van der Waals surface area contributed by atoms with Gasteiger partial charge in [-0.15, -0.1) is 0 Å². The minimum Gasteiger partial charge on any atom is -0.450 e. The van der Waals surface area contributed by atoms with Gasteiger partial charge in [-0.2, -0.15) is 0 Å². The SMILES string of the molecule is O=C(O)OC1CCN(CCCN2c3ccccc3Sc3ccccc32)CC1. The van der Waals surface area contributed by atoms with Crippen LogP contribution in [0.2, 0.25) is 0 Å². The molecular formula is C21H24N2O3S. The van der Waals surface area contributed by atoms with Gasteiger partial charge >= 0.3 is 6.16 Å². The first kappa shape index (κ1) is 18.2. The molecule has 0 unspecified atom stereocenters. The first-order valence-corrected chi connectivity index (χ1v) is 10.3. The molecule has 6 heteroatoms. The van der Waals surface area contributed by atoms with Crippen LogP contribution in [0.4, 0.5) is 16.2 Å². The maximum Gasteiger partial charge on any atom is 0.506 e. The van der Waals surface area contributed by atoms with E-state index in [0.29, 0.717) is 0 Å². The number of piperidine rings is 1. The second kappa shape index (κ2) is 8.23. The first-order chi connectivity index (χ1) is 13.2. The van der Waals surface area contributed by atoms with Crippen LogP contribution in [-0.4, -0.2) is 48.4 Å². The zero-order valence-electron chi connectivity index (χ0n) is 15.2. The molecule has 0 saturated carbocycles. The van der Waals surface area contributed by atoms with Crippen molar-refractivity contribution in [3.8, 4) is 0 Å². The molecule has 0 bridgehead atoms. The van der Waals surface area contributed by atoms with Gasteiger partial charge in [0.05, 0.1) is 11.4 Å². The van der Waals surface area contributed by atoms with Crippen molar-refractivity contribution < 1.29 is 14.6 Å². The van der Waals surface area contributed by atoms with E-state index in [1.54, 1.807) is 0 Å². The third kappa shape index (κ3) is 4.22. The van der Waals surface area contributed by atoms with Crippen molar-refractivity contribution in [2.45, 2.75) is 35.2 Å². The molecular weight excluding hydrogens is 360 g/mol. The molecule has 2 heterocycles. The lowest BCUT2D eigenvalue weighted by Gasteiger charge is -2.34. The van der Waals surface area contributed by atoms with Crippen molar-refractivity contribution >= 4 is 29.3 Å². The van der Waals surface area contributed by atoms with Crippen LogP contribution in [0.1, 0.15) is 19.3 Å². The van der Waals surface area contributed by atoms with E-state index in [-0.39, 0.29) is 6.10 Å². The van der Waals surface area contributed by atoms with E-state index in [1.807, 2.05) is 11.8 Å². The van der Waals surface area contributed by atoms with Gasteiger partial charge < -0.3 is 19.6 Å². The molecule has 2 aromatic carbocycles. The molecule has 4 rings (SSSR count). The van der Waals surface area contributed by atoms with Gasteiger partial charge in [0.2, 0.25) is 0 Å². The van der Waals surface area contributed by atoms with Gasteiger partial charge in [-0.25, -0.2) is 4.79 Å².